The van der Waals surface area contributed by atoms with Gasteiger partial charge in [-0.25, -0.2) is 0 Å². The third-order valence-electron chi connectivity index (χ3n) is 0.734. The molecule has 0 saturated carbocycles. The number of rotatable bonds is 3. The van der Waals surface area contributed by atoms with Crippen molar-refractivity contribution in [2.24, 2.45) is 0 Å². The van der Waals surface area contributed by atoms with Crippen molar-refractivity contribution in [1.82, 2.24) is 0 Å². The molecule has 0 aromatic carbocycles. The second-order valence-electron chi connectivity index (χ2n) is 1.49. The maximum atomic E-state index is 9.93. The Labute approximate surface area is 119 Å². The molecule has 0 radical (unpaired) electrons. The normalized spacial score (nSPS) is 7.38. The molecule has 0 rings (SSSR count). The van der Waals surface area contributed by atoms with E-state index in [0.29, 0.717) is 0 Å². The quantitative estimate of drug-likeness (QED) is 0.347. The fourth-order valence-electron chi connectivity index (χ4n) is 0.330. The summed E-state index contributed by atoms with van der Waals surface area (Å²) in [4.78, 5) is 18.3. The minimum atomic E-state index is -3.07. The summed E-state index contributed by atoms with van der Waals surface area (Å²) in [6, 6.07) is 0. The van der Waals surface area contributed by atoms with E-state index in [0.717, 1.165) is 0 Å². The molecule has 0 aliphatic heterocycles. The zero-order valence-corrected chi connectivity index (χ0v) is 11.9. The van der Waals surface area contributed by atoms with Crippen LogP contribution < -0.4 is 69.3 Å². The van der Waals surface area contributed by atoms with Crippen LogP contribution in [0.5, 0.6) is 0 Å². The fraction of sp³-hybridized carbons (Fsp3) is 0.250. The first kappa shape index (κ1) is 19.2. The summed E-state index contributed by atoms with van der Waals surface area (Å²) in [5, 5.41) is 19.6. The van der Waals surface area contributed by atoms with E-state index < -0.39 is 33.5 Å². The van der Waals surface area contributed by atoms with Crippen molar-refractivity contribution in [2.75, 3.05) is 0 Å². The van der Waals surface area contributed by atoms with Gasteiger partial charge < -0.3 is 19.8 Å². The molecule has 0 saturated heterocycles. The maximum Gasteiger partial charge on any atom is 1.00 e. The van der Waals surface area contributed by atoms with Gasteiger partial charge in [0, 0.05) is 12.4 Å². The molecular formula is C4H2Na2O6S. The van der Waals surface area contributed by atoms with Crippen LogP contribution in [0, 0.1) is 0 Å². The van der Waals surface area contributed by atoms with E-state index in [1.165, 1.54) is 0 Å². The van der Waals surface area contributed by atoms with Crippen LogP contribution in [-0.2, 0) is 19.9 Å². The summed E-state index contributed by atoms with van der Waals surface area (Å²) in [5.74, 6) is -3.81. The maximum absolute atomic E-state index is 9.93. The summed E-state index contributed by atoms with van der Waals surface area (Å²) in [7, 11) is -3.07. The molecule has 0 unspecified atom stereocenters. The van der Waals surface area contributed by atoms with Gasteiger partial charge in [-0.3, -0.25) is 0 Å². The van der Waals surface area contributed by atoms with Crippen LogP contribution in [0.2, 0.25) is 0 Å². The van der Waals surface area contributed by atoms with Crippen LogP contribution in [0.15, 0.2) is 0 Å². The van der Waals surface area contributed by atoms with E-state index in [1.807, 2.05) is 0 Å². The zero-order valence-electron chi connectivity index (χ0n) is 7.06. The molecule has 9 heteroatoms. The molecular weight excluding hydrogens is 222 g/mol. The molecule has 6 nitrogen and oxygen atoms in total. The molecule has 0 atom stereocenters. The Balaban J connectivity index is -0.000000500. The predicted octanol–water partition coefficient (Wildman–Crippen LogP) is -10.1. The molecule has 13 heavy (non-hydrogen) atoms. The van der Waals surface area contributed by atoms with Gasteiger partial charge in [0.2, 0.25) is 10.3 Å². The van der Waals surface area contributed by atoms with Gasteiger partial charge in [0.15, 0.2) is 0 Å². The molecule has 0 bridgehead atoms. The molecule has 62 valence electrons. The number of carboxylic acid groups (broad SMARTS) is 2. The van der Waals surface area contributed by atoms with Crippen LogP contribution in [0.3, 0.4) is 0 Å². The van der Waals surface area contributed by atoms with Gasteiger partial charge >= 0.3 is 59.1 Å². The van der Waals surface area contributed by atoms with Crippen LogP contribution in [0.4, 0.5) is 0 Å². The molecule has 0 aromatic heterocycles. The van der Waals surface area contributed by atoms with Crippen molar-refractivity contribution in [3.63, 3.8) is 0 Å². The van der Waals surface area contributed by atoms with Gasteiger partial charge in [0.05, 0.1) is 5.97 Å². The monoisotopic (exact) mass is 224 g/mol. The largest absolute Gasteiger partial charge is 1.00 e. The first-order valence-electron chi connectivity index (χ1n) is 2.31. The van der Waals surface area contributed by atoms with Crippen molar-refractivity contribution in [3.8, 4) is 0 Å². The Morgan fingerprint density at radius 1 is 1.08 bits per heavy atom. The third kappa shape index (κ3) is 8.95. The fourth-order valence-corrected chi connectivity index (χ4v) is 0.702. The summed E-state index contributed by atoms with van der Waals surface area (Å²) in [6.45, 7) is 0. The molecule has 0 aromatic rings. The summed E-state index contributed by atoms with van der Waals surface area (Å²) in [6.07, 6.45) is -1.17. The number of carbonyl (C=O) groups excluding carboxylic acids is 2. The molecule has 0 aliphatic rings. The molecule has 0 amide bonds. The van der Waals surface area contributed by atoms with Gasteiger partial charge in [-0.1, -0.05) is 0 Å². The van der Waals surface area contributed by atoms with Crippen molar-refractivity contribution in [1.29, 1.82) is 0 Å². The Hall–Kier alpha value is 0.630. The SMILES string of the molecule is O=C([O-])CC(C(=O)[O-])=S(=O)=O.[Na+].[Na+]. The van der Waals surface area contributed by atoms with E-state index >= 15 is 0 Å². The Bertz CT molecular complexity index is 310. The first-order chi connectivity index (χ1) is 4.95. The Morgan fingerprint density at radius 2 is 1.46 bits per heavy atom. The van der Waals surface area contributed by atoms with E-state index in [2.05, 4.69) is 0 Å². The number of hydrogen-bond donors (Lipinski definition) is 0. The number of aliphatic carboxylic acids is 2. The predicted molar refractivity (Wildman–Crippen MR) is 28.6 cm³/mol. The second-order valence-corrected chi connectivity index (χ2v) is 2.46. The topological polar surface area (TPSA) is 114 Å². The van der Waals surface area contributed by atoms with Gasteiger partial charge in [0.25, 0.3) is 0 Å². The number of carboxylic acids is 2. The van der Waals surface area contributed by atoms with E-state index in [9.17, 15) is 28.2 Å². The molecule has 0 aliphatic carbocycles. The van der Waals surface area contributed by atoms with Crippen molar-refractivity contribution in [2.45, 2.75) is 6.42 Å². The van der Waals surface area contributed by atoms with Crippen LogP contribution >= 0.6 is 0 Å². The summed E-state index contributed by atoms with van der Waals surface area (Å²) in [5.41, 5.74) is 0. The van der Waals surface area contributed by atoms with E-state index in [-0.39, 0.29) is 59.1 Å². The van der Waals surface area contributed by atoms with Gasteiger partial charge in [-0.2, -0.15) is 8.42 Å². The molecule has 0 heterocycles. The Kier molecular flexibility index (Phi) is 13.6. The van der Waals surface area contributed by atoms with E-state index in [1.54, 1.807) is 0 Å². The van der Waals surface area contributed by atoms with Crippen LogP contribution in [0.25, 0.3) is 0 Å². The second kappa shape index (κ2) is 9.20. The zero-order chi connectivity index (χ0) is 9.02. The van der Waals surface area contributed by atoms with Crippen molar-refractivity contribution in [3.05, 3.63) is 0 Å². The molecule has 0 spiro atoms. The smallest absolute Gasteiger partial charge is 0.550 e. The number of carbonyl (C=O) groups is 2. The summed E-state index contributed by atoms with van der Waals surface area (Å²) < 4.78 is 19.9. The standard InChI is InChI=1S/C4H4O6S.2Na/c5-3(6)1-2(4(7)8)11(9)10;;/h1H2,(H,5,6)(H,7,8);;/q;2*+1/p-2. The van der Waals surface area contributed by atoms with Gasteiger partial charge in [0.1, 0.15) is 4.86 Å². The minimum Gasteiger partial charge on any atom is -0.550 e. The summed E-state index contributed by atoms with van der Waals surface area (Å²) >= 11 is 0. The average Bonchev–Trinajstić information content (AvgIpc) is 1.81. The van der Waals surface area contributed by atoms with Gasteiger partial charge in [-0.15, -0.1) is 0 Å². The molecule has 0 N–H and O–H groups in total. The van der Waals surface area contributed by atoms with Gasteiger partial charge in [-0.05, 0) is 0 Å². The number of hydrogen-bond acceptors (Lipinski definition) is 6. The first-order valence-corrected chi connectivity index (χ1v) is 3.39. The average molecular weight is 224 g/mol. The molecule has 0 fully saturated rings. The third-order valence-corrected chi connectivity index (χ3v) is 1.45. The Morgan fingerprint density at radius 3 is 1.54 bits per heavy atom. The minimum absolute atomic E-state index is 0. The van der Waals surface area contributed by atoms with Crippen molar-refractivity contribution < 1.29 is 87.3 Å². The van der Waals surface area contributed by atoms with E-state index in [4.69, 9.17) is 0 Å². The van der Waals surface area contributed by atoms with Crippen molar-refractivity contribution >= 4 is 27.1 Å². The van der Waals surface area contributed by atoms with Crippen LogP contribution in [-0.4, -0.2) is 25.2 Å². The van der Waals surface area contributed by atoms with Crippen LogP contribution in [0.1, 0.15) is 6.42 Å².